The first-order chi connectivity index (χ1) is 7.74. The van der Waals surface area contributed by atoms with E-state index < -0.39 is 0 Å². The topological polar surface area (TPSA) is 22.4 Å². The van der Waals surface area contributed by atoms with Crippen molar-refractivity contribution in [3.63, 3.8) is 0 Å². The van der Waals surface area contributed by atoms with Gasteiger partial charge in [-0.1, -0.05) is 11.6 Å². The molecule has 1 aliphatic rings. The summed E-state index contributed by atoms with van der Waals surface area (Å²) in [6.07, 6.45) is 4.10. The molecule has 16 heavy (non-hydrogen) atoms. The van der Waals surface area contributed by atoms with Gasteiger partial charge in [0.15, 0.2) is 0 Å². The summed E-state index contributed by atoms with van der Waals surface area (Å²) in [5.74, 6) is 0.880. The van der Waals surface area contributed by atoms with Gasteiger partial charge in [-0.15, -0.1) is 0 Å². The zero-order valence-electron chi connectivity index (χ0n) is 8.57. The molecule has 2 heterocycles. The highest BCUT2D eigenvalue weighted by atomic mass is 35.5. The number of benzene rings is 1. The Hall–Kier alpha value is -1.41. The van der Waals surface area contributed by atoms with E-state index in [-0.39, 0.29) is 6.10 Å². The van der Waals surface area contributed by atoms with Crippen molar-refractivity contribution >= 4 is 11.6 Å². The summed E-state index contributed by atoms with van der Waals surface area (Å²) in [6.45, 7) is 3.92. The number of hydrogen-bond donors (Lipinski definition) is 0. The number of rotatable bonds is 1. The second kappa shape index (κ2) is 3.56. The average Bonchev–Trinajstić information content (AvgIpc) is 2.83. The summed E-state index contributed by atoms with van der Waals surface area (Å²) in [7, 11) is 0. The molecule has 1 aromatic heterocycles. The number of halogens is 1. The molecule has 3 rings (SSSR count). The second-order valence-corrected chi connectivity index (χ2v) is 4.33. The van der Waals surface area contributed by atoms with Crippen molar-refractivity contribution in [3.8, 4) is 16.9 Å². The molecular weight excluding hydrogens is 224 g/mol. The number of fused-ring (bicyclic) bond motifs is 1. The maximum atomic E-state index is 6.09. The molecule has 1 atom stereocenters. The standard InChI is InChI=1S/C13H10ClO2/c1-8-4-10-5-11(14)6-12(13(10)16-8)9-2-3-15-7-9/h2-3,5-8H,1,4H2. The van der Waals surface area contributed by atoms with Crippen molar-refractivity contribution in [2.75, 3.05) is 0 Å². The largest absolute Gasteiger partial charge is 0.489 e. The van der Waals surface area contributed by atoms with Crippen molar-refractivity contribution < 1.29 is 9.15 Å². The van der Waals surface area contributed by atoms with Gasteiger partial charge >= 0.3 is 0 Å². The van der Waals surface area contributed by atoms with Gasteiger partial charge in [-0.2, -0.15) is 0 Å². The molecular formula is C13H10ClO2. The van der Waals surface area contributed by atoms with Crippen molar-refractivity contribution in [1.29, 1.82) is 0 Å². The van der Waals surface area contributed by atoms with E-state index in [9.17, 15) is 0 Å². The van der Waals surface area contributed by atoms with E-state index in [0.717, 1.165) is 28.9 Å². The molecule has 81 valence electrons. The monoisotopic (exact) mass is 233 g/mol. The summed E-state index contributed by atoms with van der Waals surface area (Å²) < 4.78 is 10.8. The van der Waals surface area contributed by atoms with E-state index in [4.69, 9.17) is 20.8 Å². The molecule has 0 amide bonds. The summed E-state index contributed by atoms with van der Waals surface area (Å²) in [4.78, 5) is 0. The van der Waals surface area contributed by atoms with Crippen LogP contribution in [0.15, 0.2) is 35.1 Å². The van der Waals surface area contributed by atoms with Crippen molar-refractivity contribution in [1.82, 2.24) is 0 Å². The Balaban J connectivity index is 2.19. The molecule has 3 heteroatoms. The highest BCUT2D eigenvalue weighted by Crippen LogP contribution is 2.40. The van der Waals surface area contributed by atoms with E-state index in [1.807, 2.05) is 18.2 Å². The zero-order valence-corrected chi connectivity index (χ0v) is 9.33. The third kappa shape index (κ3) is 1.50. The Morgan fingerprint density at radius 1 is 1.38 bits per heavy atom. The molecule has 1 aromatic carbocycles. The van der Waals surface area contributed by atoms with Gasteiger partial charge in [0, 0.05) is 22.6 Å². The Kier molecular flexibility index (Phi) is 2.18. The Labute approximate surface area is 98.8 Å². The van der Waals surface area contributed by atoms with Gasteiger partial charge < -0.3 is 9.15 Å². The Bertz CT molecular complexity index is 517. The van der Waals surface area contributed by atoms with Crippen LogP contribution in [0.3, 0.4) is 0 Å². The van der Waals surface area contributed by atoms with Crippen molar-refractivity contribution in [2.45, 2.75) is 12.5 Å². The molecule has 0 N–H and O–H groups in total. The third-order valence-electron chi connectivity index (χ3n) is 2.69. The lowest BCUT2D eigenvalue weighted by molar-refractivity contribution is 0.282. The molecule has 0 saturated heterocycles. The minimum Gasteiger partial charge on any atom is -0.489 e. The first kappa shape index (κ1) is 9.79. The fourth-order valence-corrected chi connectivity index (χ4v) is 2.27. The number of ether oxygens (including phenoxy) is 1. The van der Waals surface area contributed by atoms with Crippen LogP contribution in [0.2, 0.25) is 5.02 Å². The smallest absolute Gasteiger partial charge is 0.131 e. The van der Waals surface area contributed by atoms with E-state index >= 15 is 0 Å². The van der Waals surface area contributed by atoms with Crippen LogP contribution >= 0.6 is 11.6 Å². The molecule has 1 unspecified atom stereocenters. The SMILES string of the molecule is [CH2]C1Cc2cc(Cl)cc(-c3ccoc3)c2O1. The molecule has 0 bridgehead atoms. The van der Waals surface area contributed by atoms with E-state index in [1.54, 1.807) is 12.5 Å². The van der Waals surface area contributed by atoms with Crippen LogP contribution < -0.4 is 4.74 Å². The minimum atomic E-state index is -0.0286. The summed E-state index contributed by atoms with van der Waals surface area (Å²) in [6, 6.07) is 5.72. The highest BCUT2D eigenvalue weighted by molar-refractivity contribution is 6.31. The van der Waals surface area contributed by atoms with Crippen LogP contribution in [-0.2, 0) is 6.42 Å². The average molecular weight is 234 g/mol. The van der Waals surface area contributed by atoms with Gasteiger partial charge in [-0.25, -0.2) is 0 Å². The summed E-state index contributed by atoms with van der Waals surface area (Å²) >= 11 is 6.09. The molecule has 1 aliphatic heterocycles. The maximum Gasteiger partial charge on any atom is 0.131 e. The van der Waals surface area contributed by atoms with Gasteiger partial charge in [0.2, 0.25) is 0 Å². The fourth-order valence-electron chi connectivity index (χ4n) is 2.03. The number of hydrogen-bond acceptors (Lipinski definition) is 2. The molecule has 1 radical (unpaired) electrons. The van der Waals surface area contributed by atoms with Gasteiger partial charge in [-0.05, 0) is 30.7 Å². The van der Waals surface area contributed by atoms with Crippen molar-refractivity contribution in [2.24, 2.45) is 0 Å². The first-order valence-electron chi connectivity index (χ1n) is 5.09. The van der Waals surface area contributed by atoms with Crippen LogP contribution in [0, 0.1) is 6.92 Å². The van der Waals surface area contributed by atoms with Crippen LogP contribution in [0.5, 0.6) is 5.75 Å². The van der Waals surface area contributed by atoms with Crippen molar-refractivity contribution in [3.05, 3.63) is 48.2 Å². The summed E-state index contributed by atoms with van der Waals surface area (Å²) in [5.41, 5.74) is 3.07. The van der Waals surface area contributed by atoms with E-state index in [1.165, 1.54) is 0 Å². The second-order valence-electron chi connectivity index (χ2n) is 3.90. The van der Waals surface area contributed by atoms with Crippen LogP contribution in [-0.4, -0.2) is 6.10 Å². The normalized spacial score (nSPS) is 18.2. The quantitative estimate of drug-likeness (QED) is 0.749. The van der Waals surface area contributed by atoms with Gasteiger partial charge in [-0.3, -0.25) is 0 Å². The molecule has 2 aromatic rings. The lowest BCUT2D eigenvalue weighted by atomic mass is 10.0. The molecule has 0 aliphatic carbocycles. The predicted octanol–water partition coefficient (Wildman–Crippen LogP) is 3.74. The van der Waals surface area contributed by atoms with Crippen LogP contribution in [0.25, 0.3) is 11.1 Å². The lowest BCUT2D eigenvalue weighted by Gasteiger charge is -2.08. The first-order valence-corrected chi connectivity index (χ1v) is 5.46. The highest BCUT2D eigenvalue weighted by Gasteiger charge is 2.23. The molecule has 0 fully saturated rings. The van der Waals surface area contributed by atoms with Crippen LogP contribution in [0.1, 0.15) is 5.56 Å². The van der Waals surface area contributed by atoms with Crippen LogP contribution in [0.4, 0.5) is 0 Å². The Morgan fingerprint density at radius 3 is 3.00 bits per heavy atom. The molecule has 2 nitrogen and oxygen atoms in total. The Morgan fingerprint density at radius 2 is 2.25 bits per heavy atom. The van der Waals surface area contributed by atoms with E-state index in [2.05, 4.69) is 6.92 Å². The molecule has 0 spiro atoms. The zero-order chi connectivity index (χ0) is 11.1. The third-order valence-corrected chi connectivity index (χ3v) is 2.91. The van der Waals surface area contributed by atoms with Gasteiger partial charge in [0.25, 0.3) is 0 Å². The van der Waals surface area contributed by atoms with Gasteiger partial charge in [0.05, 0.1) is 12.5 Å². The lowest BCUT2D eigenvalue weighted by Crippen LogP contribution is -2.06. The predicted molar refractivity (Wildman–Crippen MR) is 62.6 cm³/mol. The summed E-state index contributed by atoms with van der Waals surface area (Å²) in [5, 5.41) is 0.715. The molecule has 0 saturated carbocycles. The number of furan rings is 1. The minimum absolute atomic E-state index is 0.0286. The maximum absolute atomic E-state index is 6.09. The fraction of sp³-hybridized carbons (Fsp3) is 0.154. The van der Waals surface area contributed by atoms with E-state index in [0.29, 0.717) is 5.02 Å². The van der Waals surface area contributed by atoms with Gasteiger partial charge in [0.1, 0.15) is 11.9 Å².